The highest BCUT2D eigenvalue weighted by Crippen LogP contribution is 2.25. The summed E-state index contributed by atoms with van der Waals surface area (Å²) in [6.07, 6.45) is 3.19. The summed E-state index contributed by atoms with van der Waals surface area (Å²) in [4.78, 5) is 25.5. The van der Waals surface area contributed by atoms with Crippen LogP contribution in [0.4, 0.5) is 0 Å². The van der Waals surface area contributed by atoms with Gasteiger partial charge in [0.2, 0.25) is 5.91 Å². The summed E-state index contributed by atoms with van der Waals surface area (Å²) in [5, 5.41) is 0.401. The maximum absolute atomic E-state index is 12.9. The van der Waals surface area contributed by atoms with E-state index in [1.54, 1.807) is 25.4 Å². The number of likely N-dealkylation sites (tertiary alicyclic amines) is 1. The van der Waals surface area contributed by atoms with E-state index < -0.39 is 11.2 Å². The standard InChI is InChI=1S/C21H24N4O4S/c1-14-18(22-8-7-19(14)29-11-10-25-9-3-4-20(25)26)13-30(27)21-23-16-6-5-15(28-2)12-17(16)24-21/h5-8,12H,3-4,9-11,13H2,1-2H3,(H,23,24). The number of aromatic nitrogens is 3. The zero-order valence-electron chi connectivity index (χ0n) is 17.0. The Balaban J connectivity index is 1.42. The third-order valence-electron chi connectivity index (χ3n) is 5.20. The zero-order valence-corrected chi connectivity index (χ0v) is 17.8. The molecule has 8 nitrogen and oxygen atoms in total. The smallest absolute Gasteiger partial charge is 0.322 e. The maximum atomic E-state index is 12.9. The number of pyridine rings is 1. The van der Waals surface area contributed by atoms with E-state index in [1.807, 2.05) is 24.0 Å². The monoisotopic (exact) mass is 428 g/mol. The average molecular weight is 429 g/mol. The average Bonchev–Trinajstić information content (AvgIpc) is 3.36. The number of carbonyl (C=O) groups is 1. The van der Waals surface area contributed by atoms with Crippen molar-refractivity contribution in [3.63, 3.8) is 0 Å². The number of imidazole rings is 1. The molecule has 0 bridgehead atoms. The zero-order chi connectivity index (χ0) is 21.1. The number of carbonyl (C=O) groups excluding carboxylic acids is 1. The van der Waals surface area contributed by atoms with Gasteiger partial charge in [0.15, 0.2) is 5.75 Å². The lowest BCUT2D eigenvalue weighted by Crippen LogP contribution is -2.29. The fourth-order valence-corrected chi connectivity index (χ4v) is 4.56. The topological polar surface area (TPSA) is 103 Å². The number of nitrogens with zero attached hydrogens (tertiary/aromatic N) is 3. The van der Waals surface area contributed by atoms with Crippen molar-refractivity contribution >= 4 is 28.1 Å². The molecule has 1 aliphatic heterocycles. The molecule has 0 aliphatic carbocycles. The molecule has 1 atom stereocenters. The van der Waals surface area contributed by atoms with Crippen LogP contribution in [0.25, 0.3) is 11.0 Å². The number of hydrogen-bond donors (Lipinski definition) is 1. The number of aromatic amines is 1. The van der Waals surface area contributed by atoms with Gasteiger partial charge < -0.3 is 18.9 Å². The minimum absolute atomic E-state index is 0.185. The Hall–Kier alpha value is -2.78. The van der Waals surface area contributed by atoms with Crippen molar-refractivity contribution in [3.8, 4) is 11.5 Å². The molecule has 9 heteroatoms. The lowest BCUT2D eigenvalue weighted by Gasteiger charge is -2.17. The molecule has 1 saturated heterocycles. The Bertz CT molecular complexity index is 1050. The Kier molecular flexibility index (Phi) is 6.10. The minimum atomic E-state index is -1.38. The van der Waals surface area contributed by atoms with Crippen LogP contribution in [0.1, 0.15) is 24.1 Å². The van der Waals surface area contributed by atoms with Crippen LogP contribution in [0.15, 0.2) is 35.6 Å². The summed E-state index contributed by atoms with van der Waals surface area (Å²) in [5.74, 6) is 1.80. The molecule has 1 amide bonds. The fraction of sp³-hybridized carbons (Fsp3) is 0.381. The Morgan fingerprint density at radius 2 is 2.20 bits per heavy atom. The number of ether oxygens (including phenoxy) is 2. The highest BCUT2D eigenvalue weighted by atomic mass is 32.2. The van der Waals surface area contributed by atoms with Crippen molar-refractivity contribution in [3.05, 3.63) is 41.7 Å². The number of hydrogen-bond acceptors (Lipinski definition) is 6. The number of H-pyrrole nitrogens is 1. The molecular weight excluding hydrogens is 404 g/mol. The molecule has 3 aromatic rings. The normalized spacial score (nSPS) is 15.0. The minimum Gasteiger partial charge on any atom is -0.609 e. The third-order valence-corrected chi connectivity index (χ3v) is 6.36. The van der Waals surface area contributed by atoms with Gasteiger partial charge in [-0.3, -0.25) is 14.8 Å². The van der Waals surface area contributed by atoms with Crippen LogP contribution in [0, 0.1) is 6.92 Å². The summed E-state index contributed by atoms with van der Waals surface area (Å²) in [6.45, 7) is 3.69. The van der Waals surface area contributed by atoms with Crippen LogP contribution in [-0.2, 0) is 21.7 Å². The summed E-state index contributed by atoms with van der Waals surface area (Å²) < 4.78 is 24.0. The Labute approximate surface area is 177 Å². The van der Waals surface area contributed by atoms with Crippen molar-refractivity contribution < 1.29 is 18.8 Å². The van der Waals surface area contributed by atoms with Gasteiger partial charge in [-0.15, -0.1) is 0 Å². The van der Waals surface area contributed by atoms with E-state index >= 15 is 0 Å². The van der Waals surface area contributed by atoms with Gasteiger partial charge in [0.05, 0.1) is 30.4 Å². The Morgan fingerprint density at radius 1 is 1.33 bits per heavy atom. The highest BCUT2D eigenvalue weighted by Gasteiger charge is 2.22. The first-order valence-electron chi connectivity index (χ1n) is 9.82. The molecule has 2 aromatic heterocycles. The second kappa shape index (κ2) is 8.93. The Morgan fingerprint density at radius 3 is 2.97 bits per heavy atom. The van der Waals surface area contributed by atoms with Gasteiger partial charge in [-0.05, 0) is 31.5 Å². The lowest BCUT2D eigenvalue weighted by atomic mass is 10.2. The molecule has 30 heavy (non-hydrogen) atoms. The highest BCUT2D eigenvalue weighted by molar-refractivity contribution is 7.90. The van der Waals surface area contributed by atoms with Gasteiger partial charge in [0.25, 0.3) is 0 Å². The summed E-state index contributed by atoms with van der Waals surface area (Å²) >= 11 is -1.38. The third kappa shape index (κ3) is 4.36. The van der Waals surface area contributed by atoms with E-state index in [9.17, 15) is 9.35 Å². The van der Waals surface area contributed by atoms with Gasteiger partial charge in [0.1, 0.15) is 18.1 Å². The second-order valence-corrected chi connectivity index (χ2v) is 8.49. The molecule has 4 rings (SSSR count). The fourth-order valence-electron chi connectivity index (χ4n) is 3.46. The number of rotatable bonds is 8. The molecule has 3 heterocycles. The van der Waals surface area contributed by atoms with E-state index in [0.29, 0.717) is 47.4 Å². The van der Waals surface area contributed by atoms with Crippen LogP contribution >= 0.6 is 0 Å². The van der Waals surface area contributed by atoms with Crippen LogP contribution in [0.5, 0.6) is 11.5 Å². The summed E-state index contributed by atoms with van der Waals surface area (Å²) in [6, 6.07) is 7.27. The molecule has 0 saturated carbocycles. The van der Waals surface area contributed by atoms with E-state index in [4.69, 9.17) is 9.47 Å². The van der Waals surface area contributed by atoms with Crippen molar-refractivity contribution in [1.82, 2.24) is 19.9 Å². The maximum Gasteiger partial charge on any atom is 0.322 e. The molecular formula is C21H24N4O4S. The largest absolute Gasteiger partial charge is 0.609 e. The molecule has 0 radical (unpaired) electrons. The molecule has 1 N–H and O–H groups in total. The predicted molar refractivity (Wildman–Crippen MR) is 113 cm³/mol. The first kappa shape index (κ1) is 20.5. The molecule has 158 valence electrons. The van der Waals surface area contributed by atoms with Crippen molar-refractivity contribution in [1.29, 1.82) is 0 Å². The molecule has 1 aliphatic rings. The van der Waals surface area contributed by atoms with E-state index in [1.165, 1.54) is 0 Å². The van der Waals surface area contributed by atoms with E-state index in [0.717, 1.165) is 24.0 Å². The van der Waals surface area contributed by atoms with Gasteiger partial charge >= 0.3 is 5.16 Å². The van der Waals surface area contributed by atoms with Crippen LogP contribution in [0.3, 0.4) is 0 Å². The molecule has 1 fully saturated rings. The van der Waals surface area contributed by atoms with Crippen molar-refractivity contribution in [2.24, 2.45) is 0 Å². The van der Waals surface area contributed by atoms with E-state index in [2.05, 4.69) is 15.0 Å². The van der Waals surface area contributed by atoms with Crippen molar-refractivity contribution in [2.45, 2.75) is 30.7 Å². The first-order chi connectivity index (χ1) is 14.5. The summed E-state index contributed by atoms with van der Waals surface area (Å²) in [7, 11) is 1.60. The number of nitrogens with one attached hydrogen (secondary N) is 1. The van der Waals surface area contributed by atoms with Gasteiger partial charge in [-0.2, -0.15) is 4.98 Å². The number of amides is 1. The molecule has 0 spiro atoms. The lowest BCUT2D eigenvalue weighted by molar-refractivity contribution is -0.128. The molecule has 1 unspecified atom stereocenters. The first-order valence-corrected chi connectivity index (χ1v) is 11.1. The van der Waals surface area contributed by atoms with Gasteiger partial charge in [-0.1, -0.05) is 0 Å². The van der Waals surface area contributed by atoms with Gasteiger partial charge in [0, 0.05) is 42.0 Å². The molecule has 1 aromatic carbocycles. The number of benzene rings is 1. The number of methoxy groups -OCH3 is 1. The van der Waals surface area contributed by atoms with E-state index in [-0.39, 0.29) is 11.7 Å². The van der Waals surface area contributed by atoms with Crippen LogP contribution in [0.2, 0.25) is 0 Å². The van der Waals surface area contributed by atoms with Crippen LogP contribution in [-0.4, -0.2) is 57.1 Å². The van der Waals surface area contributed by atoms with Gasteiger partial charge in [-0.25, -0.2) is 0 Å². The second-order valence-electron chi connectivity index (χ2n) is 7.13. The van der Waals surface area contributed by atoms with Crippen LogP contribution < -0.4 is 9.47 Å². The SMILES string of the molecule is COc1ccc2[nH]c([S+]([O-])Cc3nccc(OCCN4CCCC4=O)c3C)nc2c1. The van der Waals surface area contributed by atoms with Crippen molar-refractivity contribution in [2.75, 3.05) is 26.8 Å². The quantitative estimate of drug-likeness (QED) is 0.553. The number of fused-ring (bicyclic) bond motifs is 1. The summed E-state index contributed by atoms with van der Waals surface area (Å²) in [5.41, 5.74) is 3.05. The predicted octanol–water partition coefficient (Wildman–Crippen LogP) is 2.58.